The fourth-order valence-electron chi connectivity index (χ4n) is 1.85. The molecule has 0 bridgehead atoms. The standard InChI is InChI=1S/C16H11F5N2O/c1-2-8-3-5-9(6-4-8)16(24)23-22-7-10-11(17)13(19)15(21)14(20)12(10)18/h3-7H,2H2,1H3,(H,23,24)/b22-7-. The summed E-state index contributed by atoms with van der Waals surface area (Å²) in [6, 6.07) is 6.45. The number of nitrogens with zero attached hydrogens (tertiary/aromatic N) is 1. The number of halogens is 5. The predicted molar refractivity (Wildman–Crippen MR) is 77.1 cm³/mol. The van der Waals surface area contributed by atoms with E-state index in [4.69, 9.17) is 0 Å². The van der Waals surface area contributed by atoms with Gasteiger partial charge in [-0.2, -0.15) is 5.10 Å². The van der Waals surface area contributed by atoms with Crippen molar-refractivity contribution in [1.29, 1.82) is 0 Å². The zero-order valence-electron chi connectivity index (χ0n) is 12.3. The smallest absolute Gasteiger partial charge is 0.267 e. The van der Waals surface area contributed by atoms with Crippen LogP contribution in [0.15, 0.2) is 29.4 Å². The molecule has 0 spiro atoms. The van der Waals surface area contributed by atoms with E-state index in [2.05, 4.69) is 5.10 Å². The van der Waals surface area contributed by atoms with E-state index in [0.29, 0.717) is 6.21 Å². The second-order valence-electron chi connectivity index (χ2n) is 4.73. The number of amides is 1. The van der Waals surface area contributed by atoms with Gasteiger partial charge in [0.1, 0.15) is 0 Å². The van der Waals surface area contributed by atoms with Crippen molar-refractivity contribution in [3.63, 3.8) is 0 Å². The van der Waals surface area contributed by atoms with Gasteiger partial charge in [-0.15, -0.1) is 0 Å². The lowest BCUT2D eigenvalue weighted by atomic mass is 10.1. The van der Waals surface area contributed by atoms with Crippen LogP contribution in [0, 0.1) is 29.1 Å². The van der Waals surface area contributed by atoms with Gasteiger partial charge in [0, 0.05) is 5.56 Å². The van der Waals surface area contributed by atoms with Crippen LogP contribution < -0.4 is 5.43 Å². The van der Waals surface area contributed by atoms with Crippen LogP contribution in [-0.4, -0.2) is 12.1 Å². The molecule has 3 nitrogen and oxygen atoms in total. The molecule has 0 aliphatic carbocycles. The summed E-state index contributed by atoms with van der Waals surface area (Å²) in [4.78, 5) is 11.8. The van der Waals surface area contributed by atoms with Crippen molar-refractivity contribution < 1.29 is 26.7 Å². The molecule has 0 heterocycles. The molecule has 0 aromatic heterocycles. The summed E-state index contributed by atoms with van der Waals surface area (Å²) in [6.07, 6.45) is 1.13. The first-order valence-electron chi connectivity index (χ1n) is 6.80. The molecule has 0 saturated carbocycles. The van der Waals surface area contributed by atoms with Crippen molar-refractivity contribution in [2.45, 2.75) is 13.3 Å². The van der Waals surface area contributed by atoms with Gasteiger partial charge in [-0.1, -0.05) is 19.1 Å². The van der Waals surface area contributed by atoms with Gasteiger partial charge in [-0.25, -0.2) is 27.4 Å². The van der Waals surface area contributed by atoms with E-state index in [1.807, 2.05) is 12.3 Å². The molecule has 1 amide bonds. The largest absolute Gasteiger partial charge is 0.271 e. The number of aryl methyl sites for hydroxylation is 1. The Morgan fingerprint density at radius 1 is 0.958 bits per heavy atom. The summed E-state index contributed by atoms with van der Waals surface area (Å²) >= 11 is 0. The van der Waals surface area contributed by atoms with E-state index >= 15 is 0 Å². The molecule has 0 fully saturated rings. The van der Waals surface area contributed by atoms with Gasteiger partial charge in [0.25, 0.3) is 5.91 Å². The maximum atomic E-state index is 13.4. The number of carbonyl (C=O) groups is 1. The van der Waals surface area contributed by atoms with Crippen molar-refractivity contribution in [2.75, 3.05) is 0 Å². The Balaban J connectivity index is 2.18. The summed E-state index contributed by atoms with van der Waals surface area (Å²) < 4.78 is 65.7. The minimum Gasteiger partial charge on any atom is -0.267 e. The fourth-order valence-corrected chi connectivity index (χ4v) is 1.85. The molecule has 8 heteroatoms. The van der Waals surface area contributed by atoms with Gasteiger partial charge >= 0.3 is 0 Å². The van der Waals surface area contributed by atoms with E-state index < -0.39 is 40.6 Å². The Morgan fingerprint density at radius 2 is 1.46 bits per heavy atom. The Kier molecular flexibility index (Phi) is 5.28. The third-order valence-corrected chi connectivity index (χ3v) is 3.23. The average molecular weight is 342 g/mol. The van der Waals surface area contributed by atoms with E-state index in [-0.39, 0.29) is 5.56 Å². The molecule has 2 aromatic rings. The molecule has 2 aromatic carbocycles. The maximum Gasteiger partial charge on any atom is 0.271 e. The lowest BCUT2D eigenvalue weighted by Crippen LogP contribution is -2.18. The molecule has 1 N–H and O–H groups in total. The van der Waals surface area contributed by atoms with Crippen molar-refractivity contribution in [3.05, 3.63) is 70.0 Å². The van der Waals surface area contributed by atoms with Crippen LogP contribution in [0.5, 0.6) is 0 Å². The lowest BCUT2D eigenvalue weighted by molar-refractivity contribution is 0.0955. The highest BCUT2D eigenvalue weighted by molar-refractivity contribution is 5.94. The molecule has 24 heavy (non-hydrogen) atoms. The number of hydrogen-bond acceptors (Lipinski definition) is 2. The monoisotopic (exact) mass is 342 g/mol. The van der Waals surface area contributed by atoms with Gasteiger partial charge in [-0.05, 0) is 24.1 Å². The summed E-state index contributed by atoms with van der Waals surface area (Å²) in [5, 5.41) is 3.23. The zero-order chi connectivity index (χ0) is 17.9. The number of nitrogens with one attached hydrogen (secondary N) is 1. The third kappa shape index (κ3) is 3.42. The Labute approximate surface area is 133 Å². The minimum atomic E-state index is -2.26. The predicted octanol–water partition coefficient (Wildman–Crippen LogP) is 3.71. The first-order chi connectivity index (χ1) is 11.4. The average Bonchev–Trinajstić information content (AvgIpc) is 2.61. The summed E-state index contributed by atoms with van der Waals surface area (Å²) in [7, 11) is 0. The number of rotatable bonds is 4. The molecular formula is C16H11F5N2O. The number of benzene rings is 2. The SMILES string of the molecule is CCc1ccc(C(=O)N/N=C\c2c(F)c(F)c(F)c(F)c2F)cc1. The Morgan fingerprint density at radius 3 is 1.96 bits per heavy atom. The molecule has 0 radical (unpaired) electrons. The van der Waals surface area contributed by atoms with E-state index in [1.54, 1.807) is 12.1 Å². The summed E-state index contributed by atoms with van der Waals surface area (Å²) in [5.41, 5.74) is 1.93. The lowest BCUT2D eigenvalue weighted by Gasteiger charge is -2.04. The minimum absolute atomic E-state index is 0.224. The van der Waals surface area contributed by atoms with Crippen LogP contribution in [0.4, 0.5) is 22.0 Å². The Hall–Kier alpha value is -2.77. The fraction of sp³-hybridized carbons (Fsp3) is 0.125. The third-order valence-electron chi connectivity index (χ3n) is 3.23. The van der Waals surface area contributed by atoms with E-state index in [0.717, 1.165) is 12.0 Å². The van der Waals surface area contributed by atoms with Gasteiger partial charge in [0.05, 0.1) is 11.8 Å². The van der Waals surface area contributed by atoms with Crippen molar-refractivity contribution in [1.82, 2.24) is 5.43 Å². The molecule has 0 saturated heterocycles. The van der Waals surface area contributed by atoms with Crippen molar-refractivity contribution in [3.8, 4) is 0 Å². The van der Waals surface area contributed by atoms with Gasteiger partial charge in [-0.3, -0.25) is 4.79 Å². The van der Waals surface area contributed by atoms with Crippen molar-refractivity contribution in [2.24, 2.45) is 5.10 Å². The van der Waals surface area contributed by atoms with Gasteiger partial charge in [0.15, 0.2) is 23.3 Å². The van der Waals surface area contributed by atoms with Crippen LogP contribution in [0.2, 0.25) is 0 Å². The van der Waals surface area contributed by atoms with Crippen LogP contribution in [0.25, 0.3) is 0 Å². The second kappa shape index (κ2) is 7.20. The molecule has 0 atom stereocenters. The number of carbonyl (C=O) groups excluding carboxylic acids is 1. The highest BCUT2D eigenvalue weighted by Gasteiger charge is 2.24. The highest BCUT2D eigenvalue weighted by Crippen LogP contribution is 2.21. The zero-order valence-corrected chi connectivity index (χ0v) is 12.3. The Bertz CT molecular complexity index is 774. The van der Waals surface area contributed by atoms with Crippen LogP contribution >= 0.6 is 0 Å². The van der Waals surface area contributed by atoms with Crippen LogP contribution in [0.3, 0.4) is 0 Å². The van der Waals surface area contributed by atoms with Crippen molar-refractivity contribution >= 4 is 12.1 Å². The normalized spacial score (nSPS) is 11.1. The summed E-state index contributed by atoms with van der Waals surface area (Å²) in [5.74, 6) is -11.2. The number of hydrogen-bond donors (Lipinski definition) is 1. The van der Waals surface area contributed by atoms with Crippen LogP contribution in [-0.2, 0) is 6.42 Å². The quantitative estimate of drug-likeness (QED) is 0.297. The molecular weight excluding hydrogens is 331 g/mol. The first-order valence-corrected chi connectivity index (χ1v) is 6.80. The second-order valence-corrected chi connectivity index (χ2v) is 4.73. The van der Waals surface area contributed by atoms with E-state index in [1.165, 1.54) is 12.1 Å². The molecule has 0 unspecified atom stereocenters. The van der Waals surface area contributed by atoms with Crippen LogP contribution in [0.1, 0.15) is 28.4 Å². The molecule has 0 aliphatic heterocycles. The molecule has 126 valence electrons. The van der Waals surface area contributed by atoms with E-state index in [9.17, 15) is 26.7 Å². The topological polar surface area (TPSA) is 41.5 Å². The maximum absolute atomic E-state index is 13.4. The first kappa shape index (κ1) is 17.6. The van der Waals surface area contributed by atoms with Gasteiger partial charge < -0.3 is 0 Å². The number of hydrazone groups is 1. The highest BCUT2D eigenvalue weighted by atomic mass is 19.2. The van der Waals surface area contributed by atoms with Gasteiger partial charge in [0.2, 0.25) is 5.82 Å². The molecule has 0 aliphatic rings. The molecule has 2 rings (SSSR count). The summed E-state index contributed by atoms with van der Waals surface area (Å²) in [6.45, 7) is 1.93.